The first kappa shape index (κ1) is 16.8. The fourth-order valence-corrected chi connectivity index (χ4v) is 4.01. The van der Waals surface area contributed by atoms with E-state index in [0.717, 1.165) is 6.92 Å². The van der Waals surface area contributed by atoms with Gasteiger partial charge >= 0.3 is 16.4 Å². The van der Waals surface area contributed by atoms with Gasteiger partial charge in [-0.3, -0.25) is 13.9 Å². The molecule has 0 saturated carbocycles. The van der Waals surface area contributed by atoms with Crippen LogP contribution in [0.15, 0.2) is 10.6 Å². The Kier molecular flexibility index (Phi) is 3.81. The molecular weight excluding hydrogens is 346 g/mol. The molecule has 13 heteroatoms. The number of hydrogen-bond acceptors (Lipinski definition) is 7. The van der Waals surface area contributed by atoms with Crippen LogP contribution in [0.4, 0.5) is 0 Å². The van der Waals surface area contributed by atoms with Gasteiger partial charge in [-0.05, 0) is 6.92 Å². The molecule has 3 N–H and O–H groups in total. The fraction of sp³-hybridized carbons (Fsp3) is 0.556. The molecule has 0 spiro atoms. The molecule has 2 aliphatic heterocycles. The summed E-state index contributed by atoms with van der Waals surface area (Å²) in [5.41, 5.74) is -0.868. The number of carboxylic acid groups (broad SMARTS) is 1. The fourth-order valence-electron chi connectivity index (χ4n) is 2.70. The molecule has 0 unspecified atom stereocenters. The molecule has 124 valence electrons. The molecule has 0 aromatic rings. The highest BCUT2D eigenvalue weighted by Gasteiger charge is 2.59. The van der Waals surface area contributed by atoms with Crippen LogP contribution in [0.2, 0.25) is 0 Å². The van der Waals surface area contributed by atoms with Crippen molar-refractivity contribution in [1.29, 1.82) is 0 Å². The van der Waals surface area contributed by atoms with E-state index in [0.29, 0.717) is 4.90 Å². The predicted octanol–water partition coefficient (Wildman–Crippen LogP) is -1.39. The van der Waals surface area contributed by atoms with Gasteiger partial charge in [-0.15, -0.1) is 0 Å². The third-order valence-corrected chi connectivity index (χ3v) is 4.99. The lowest BCUT2D eigenvalue weighted by Crippen LogP contribution is -2.62. The second-order valence-corrected chi connectivity index (χ2v) is 7.28. The van der Waals surface area contributed by atoms with Crippen LogP contribution in [-0.4, -0.2) is 60.0 Å². The highest BCUT2D eigenvalue weighted by atomic mass is 32.3. The zero-order valence-corrected chi connectivity index (χ0v) is 12.5. The number of amides is 1. The Balaban J connectivity index is 2.33. The van der Waals surface area contributed by atoms with E-state index in [-0.39, 0.29) is 0 Å². The van der Waals surface area contributed by atoms with Gasteiger partial charge in [-0.2, -0.15) is 16.8 Å². The summed E-state index contributed by atoms with van der Waals surface area (Å²) in [5.74, 6) is -3.77. The molecule has 1 amide bonds. The molecule has 1 fully saturated rings. The third-order valence-electron chi connectivity index (χ3n) is 3.46. The van der Waals surface area contributed by atoms with Crippen LogP contribution >= 0.6 is 0 Å². The zero-order chi connectivity index (χ0) is 17.0. The maximum atomic E-state index is 12.0. The lowest BCUT2D eigenvalue weighted by molar-refractivity contribution is -0.160. The maximum absolute atomic E-state index is 12.0. The monoisotopic (exact) mass is 357 g/mol. The van der Waals surface area contributed by atoms with Crippen molar-refractivity contribution in [3.8, 4) is 0 Å². The van der Waals surface area contributed by atoms with Crippen LogP contribution in [-0.2, 0) is 34.3 Å². The number of nitrogens with zero attached hydrogens (tertiary/aromatic N) is 1. The zero-order valence-electron chi connectivity index (χ0n) is 10.9. The number of carboxylic acids is 1. The summed E-state index contributed by atoms with van der Waals surface area (Å²) in [6, 6.07) is -0.993. The van der Waals surface area contributed by atoms with Crippen molar-refractivity contribution < 1.29 is 44.8 Å². The highest BCUT2D eigenvalue weighted by molar-refractivity contribution is 7.89. The first-order valence-corrected chi connectivity index (χ1v) is 8.58. The third kappa shape index (κ3) is 2.72. The number of aliphatic carboxylic acids is 1. The Hall–Kier alpha value is -1.54. The van der Waals surface area contributed by atoms with Crippen molar-refractivity contribution in [1.82, 2.24) is 4.90 Å². The van der Waals surface area contributed by atoms with E-state index < -0.39 is 67.5 Å². The van der Waals surface area contributed by atoms with Gasteiger partial charge in [-0.25, -0.2) is 8.98 Å². The number of carbonyl (C=O) groups excluding carboxylic acids is 1. The van der Waals surface area contributed by atoms with Crippen molar-refractivity contribution in [3.63, 3.8) is 0 Å². The van der Waals surface area contributed by atoms with Gasteiger partial charge in [0.25, 0.3) is 10.1 Å². The number of rotatable bonds is 5. The summed E-state index contributed by atoms with van der Waals surface area (Å²) in [7, 11) is -9.67. The van der Waals surface area contributed by atoms with Crippen molar-refractivity contribution in [2.75, 3.05) is 0 Å². The van der Waals surface area contributed by atoms with Crippen LogP contribution in [0, 0.1) is 5.92 Å². The van der Waals surface area contributed by atoms with Crippen LogP contribution in [0.3, 0.4) is 0 Å². The van der Waals surface area contributed by atoms with Crippen molar-refractivity contribution >= 4 is 32.4 Å². The van der Waals surface area contributed by atoms with Crippen LogP contribution in [0.5, 0.6) is 0 Å². The van der Waals surface area contributed by atoms with Gasteiger partial charge in [-0.1, -0.05) is 0 Å². The average Bonchev–Trinajstić information content (AvgIpc) is 2.61. The molecule has 2 aliphatic rings. The Morgan fingerprint density at radius 2 is 1.86 bits per heavy atom. The van der Waals surface area contributed by atoms with E-state index in [1.54, 1.807) is 0 Å². The summed E-state index contributed by atoms with van der Waals surface area (Å²) in [6.45, 7) is 1.15. The number of fused-ring (bicyclic) bond motifs is 1. The molecule has 0 radical (unpaired) electrons. The standard InChI is InChI=1S/C9H11NO10S2/c1-3(20-22(17,18)19)6-4-2-5(21(14,15)16)7(9(12)13)10(4)8(6)11/h3-4,6H,2H2,1H3,(H,12,13)(H,14,15,16)(H,17,18,19)/t3-,4+,6-/m0/s1. The first-order valence-electron chi connectivity index (χ1n) is 5.77. The van der Waals surface area contributed by atoms with Crippen molar-refractivity contribution in [2.24, 2.45) is 5.92 Å². The second kappa shape index (κ2) is 4.99. The van der Waals surface area contributed by atoms with E-state index >= 15 is 0 Å². The number of β-lactam (4-membered cyclic amide) rings is 1. The van der Waals surface area contributed by atoms with Gasteiger partial charge in [0.15, 0.2) is 0 Å². The Morgan fingerprint density at radius 1 is 1.32 bits per heavy atom. The molecule has 0 aromatic heterocycles. The molecule has 0 aliphatic carbocycles. The minimum atomic E-state index is -4.84. The molecule has 22 heavy (non-hydrogen) atoms. The van der Waals surface area contributed by atoms with Crippen LogP contribution in [0.1, 0.15) is 13.3 Å². The van der Waals surface area contributed by atoms with Crippen molar-refractivity contribution in [3.05, 3.63) is 10.6 Å². The summed E-state index contributed by atoms with van der Waals surface area (Å²) in [4.78, 5) is 22.9. The van der Waals surface area contributed by atoms with Gasteiger partial charge in [0.05, 0.1) is 18.1 Å². The second-order valence-electron chi connectivity index (χ2n) is 4.79. The lowest BCUT2D eigenvalue weighted by Gasteiger charge is -2.45. The molecule has 0 aromatic carbocycles. The summed E-state index contributed by atoms with van der Waals surface area (Å²) in [6.07, 6.45) is -1.82. The normalized spacial score (nSPS) is 26.7. The molecule has 2 heterocycles. The van der Waals surface area contributed by atoms with Gasteiger partial charge in [0, 0.05) is 6.42 Å². The minimum Gasteiger partial charge on any atom is -0.477 e. The van der Waals surface area contributed by atoms with Crippen LogP contribution in [0.25, 0.3) is 0 Å². The molecule has 1 saturated heterocycles. The minimum absolute atomic E-state index is 0.490. The smallest absolute Gasteiger partial charge is 0.397 e. The van der Waals surface area contributed by atoms with E-state index in [2.05, 4.69) is 4.18 Å². The number of carbonyl (C=O) groups is 2. The average molecular weight is 357 g/mol. The largest absolute Gasteiger partial charge is 0.477 e. The molecule has 3 atom stereocenters. The predicted molar refractivity (Wildman–Crippen MR) is 67.0 cm³/mol. The van der Waals surface area contributed by atoms with E-state index in [4.69, 9.17) is 14.2 Å². The molecule has 0 bridgehead atoms. The summed E-state index contributed by atoms with van der Waals surface area (Å²) in [5, 5.41) is 9.00. The molecule has 11 nitrogen and oxygen atoms in total. The topological polar surface area (TPSA) is 176 Å². The quantitative estimate of drug-likeness (QED) is 0.392. The highest BCUT2D eigenvalue weighted by Crippen LogP contribution is 2.45. The van der Waals surface area contributed by atoms with E-state index in [1.165, 1.54) is 0 Å². The van der Waals surface area contributed by atoms with E-state index in [1.807, 2.05) is 0 Å². The lowest BCUT2D eigenvalue weighted by atomic mass is 9.83. The first-order chi connectivity index (χ1) is 9.84. The van der Waals surface area contributed by atoms with Gasteiger partial charge in [0.1, 0.15) is 10.6 Å². The van der Waals surface area contributed by atoms with E-state index in [9.17, 15) is 26.4 Å². The summed E-state index contributed by atoms with van der Waals surface area (Å²) >= 11 is 0. The Morgan fingerprint density at radius 3 is 2.27 bits per heavy atom. The van der Waals surface area contributed by atoms with Gasteiger partial charge < -0.3 is 10.0 Å². The SMILES string of the molecule is C[C@H](OS(=O)(=O)O)[C@@H]1C(=O)N2C(C(=O)O)=C(S(=O)(=O)O)C[C@H]12. The van der Waals surface area contributed by atoms with Gasteiger partial charge in [0.2, 0.25) is 5.91 Å². The molecular formula is C9H11NO10S2. The Labute approximate surface area is 124 Å². The van der Waals surface area contributed by atoms with Crippen molar-refractivity contribution in [2.45, 2.75) is 25.5 Å². The maximum Gasteiger partial charge on any atom is 0.397 e. The Bertz CT molecular complexity index is 779. The number of hydrogen-bond donors (Lipinski definition) is 3. The summed E-state index contributed by atoms with van der Waals surface area (Å²) < 4.78 is 65.6. The van der Waals surface area contributed by atoms with Crippen LogP contribution < -0.4 is 0 Å². The molecule has 2 rings (SSSR count).